The predicted octanol–water partition coefficient (Wildman–Crippen LogP) is 3.83. The van der Waals surface area contributed by atoms with Gasteiger partial charge >= 0.3 is 0 Å². The largest absolute Gasteiger partial charge is 0.381 e. The molecule has 1 fully saturated rings. The number of ether oxygens (including phenoxy) is 1. The normalized spacial score (nSPS) is 17.1. The number of amides is 1. The molecule has 1 saturated heterocycles. The Bertz CT molecular complexity index is 1460. The summed E-state index contributed by atoms with van der Waals surface area (Å²) in [5.74, 6) is -0.263. The number of rotatable bonds is 4. The van der Waals surface area contributed by atoms with Gasteiger partial charge in [0.05, 0.1) is 34.4 Å². The number of nitrogens with zero attached hydrogens (tertiary/aromatic N) is 4. The zero-order valence-corrected chi connectivity index (χ0v) is 19.3. The number of nitrogens with two attached hydrogens (primary N) is 1. The molecule has 2 aliphatic rings. The summed E-state index contributed by atoms with van der Waals surface area (Å²) in [6.07, 6.45) is 5.16. The van der Waals surface area contributed by atoms with Crippen LogP contribution in [0.1, 0.15) is 34.5 Å². The maximum atomic E-state index is 13.5. The summed E-state index contributed by atoms with van der Waals surface area (Å²) >= 11 is 0. The molecule has 0 radical (unpaired) electrons. The van der Waals surface area contributed by atoms with Gasteiger partial charge in [-0.3, -0.25) is 14.1 Å². The van der Waals surface area contributed by atoms with Gasteiger partial charge in [0, 0.05) is 37.6 Å². The number of halogens is 1. The SMILES string of the molecule is CN1Cc2nc(Nc3ccc(-c4cnc5cc(F)ccn45)cc3C(N)=O)ccc2C12CCOCC2. The lowest BCUT2D eigenvalue weighted by Gasteiger charge is -2.40. The Balaban J connectivity index is 1.33. The third kappa shape index (κ3) is 3.55. The van der Waals surface area contributed by atoms with Crippen LogP contribution < -0.4 is 11.1 Å². The van der Waals surface area contributed by atoms with Crippen LogP contribution in [0.2, 0.25) is 0 Å². The van der Waals surface area contributed by atoms with Crippen molar-refractivity contribution in [3.8, 4) is 11.3 Å². The topological polar surface area (TPSA) is 97.8 Å². The van der Waals surface area contributed by atoms with Crippen LogP contribution in [-0.2, 0) is 16.8 Å². The number of benzene rings is 1. The molecule has 1 spiro atoms. The minimum Gasteiger partial charge on any atom is -0.381 e. The Morgan fingerprint density at radius 2 is 2.00 bits per heavy atom. The van der Waals surface area contributed by atoms with Gasteiger partial charge in [-0.15, -0.1) is 0 Å². The fourth-order valence-electron chi connectivity index (χ4n) is 5.38. The first-order valence-electron chi connectivity index (χ1n) is 11.6. The molecule has 178 valence electrons. The quantitative estimate of drug-likeness (QED) is 0.469. The molecule has 2 aliphatic heterocycles. The van der Waals surface area contributed by atoms with E-state index in [9.17, 15) is 9.18 Å². The van der Waals surface area contributed by atoms with Gasteiger partial charge in [0.15, 0.2) is 0 Å². The summed E-state index contributed by atoms with van der Waals surface area (Å²) < 4.78 is 20.9. The van der Waals surface area contributed by atoms with Gasteiger partial charge < -0.3 is 15.8 Å². The van der Waals surface area contributed by atoms with Crippen molar-refractivity contribution in [3.63, 3.8) is 0 Å². The number of anilines is 2. The number of primary amides is 1. The summed E-state index contributed by atoms with van der Waals surface area (Å²) in [7, 11) is 2.14. The number of pyridine rings is 2. The van der Waals surface area contributed by atoms with Crippen LogP contribution in [0.3, 0.4) is 0 Å². The van der Waals surface area contributed by atoms with E-state index in [4.69, 9.17) is 15.5 Å². The van der Waals surface area contributed by atoms with Crippen molar-refractivity contribution in [2.75, 3.05) is 25.6 Å². The van der Waals surface area contributed by atoms with Gasteiger partial charge in [0.1, 0.15) is 17.3 Å². The van der Waals surface area contributed by atoms with Crippen molar-refractivity contribution in [3.05, 3.63) is 77.5 Å². The van der Waals surface area contributed by atoms with Gasteiger partial charge in [0.25, 0.3) is 5.91 Å². The predicted molar refractivity (Wildman–Crippen MR) is 130 cm³/mol. The number of imidazole rings is 1. The minimum absolute atomic E-state index is 0.0178. The Hall–Kier alpha value is -3.82. The second-order valence-electron chi connectivity index (χ2n) is 9.16. The molecule has 3 N–H and O–H groups in total. The maximum absolute atomic E-state index is 13.5. The lowest BCUT2D eigenvalue weighted by molar-refractivity contribution is -0.0132. The molecule has 35 heavy (non-hydrogen) atoms. The van der Waals surface area contributed by atoms with Gasteiger partial charge in [0.2, 0.25) is 0 Å². The molecule has 0 saturated carbocycles. The van der Waals surface area contributed by atoms with E-state index in [-0.39, 0.29) is 11.4 Å². The smallest absolute Gasteiger partial charge is 0.250 e. The third-order valence-corrected chi connectivity index (χ3v) is 7.23. The highest BCUT2D eigenvalue weighted by Crippen LogP contribution is 2.44. The molecule has 3 aromatic heterocycles. The second-order valence-corrected chi connectivity index (χ2v) is 9.16. The van der Waals surface area contributed by atoms with E-state index in [1.807, 2.05) is 12.1 Å². The van der Waals surface area contributed by atoms with E-state index in [2.05, 4.69) is 28.3 Å². The number of nitrogens with one attached hydrogen (secondary N) is 1. The molecule has 0 aliphatic carbocycles. The van der Waals surface area contributed by atoms with Crippen LogP contribution in [0.25, 0.3) is 16.9 Å². The maximum Gasteiger partial charge on any atom is 0.250 e. The molecular weight excluding hydrogens is 447 g/mol. The van der Waals surface area contributed by atoms with Crippen molar-refractivity contribution in [2.45, 2.75) is 24.9 Å². The summed E-state index contributed by atoms with van der Waals surface area (Å²) in [5, 5.41) is 3.28. The van der Waals surface area contributed by atoms with Crippen molar-refractivity contribution < 1.29 is 13.9 Å². The van der Waals surface area contributed by atoms with E-state index in [1.54, 1.807) is 28.9 Å². The van der Waals surface area contributed by atoms with Crippen LogP contribution in [0.15, 0.2) is 54.9 Å². The molecule has 6 rings (SSSR count). The monoisotopic (exact) mass is 472 g/mol. The first-order valence-corrected chi connectivity index (χ1v) is 11.6. The summed E-state index contributed by atoms with van der Waals surface area (Å²) in [5.41, 5.74) is 10.9. The Labute approximate surface area is 201 Å². The van der Waals surface area contributed by atoms with E-state index in [0.29, 0.717) is 22.7 Å². The van der Waals surface area contributed by atoms with Crippen molar-refractivity contribution in [1.29, 1.82) is 0 Å². The number of carbonyl (C=O) groups is 1. The molecule has 4 aromatic rings. The molecule has 5 heterocycles. The molecule has 0 bridgehead atoms. The molecule has 0 unspecified atom stereocenters. The summed E-state index contributed by atoms with van der Waals surface area (Å²) in [6.45, 7) is 2.26. The van der Waals surface area contributed by atoms with Crippen molar-refractivity contribution >= 4 is 23.1 Å². The fourth-order valence-corrected chi connectivity index (χ4v) is 5.38. The minimum atomic E-state index is -0.559. The number of aromatic nitrogens is 3. The standard InChI is InChI=1S/C26H25FN6O2/c1-32-15-21-19(26(32)7-10-35-11-8-26)3-5-23(31-21)30-20-4-2-16(12-18(20)25(28)34)22-14-29-24-13-17(27)6-9-33(22)24/h2-6,9,12-14H,7-8,10-11,15H2,1H3,(H2,28,34)(H,30,31). The lowest BCUT2D eigenvalue weighted by atomic mass is 9.84. The average Bonchev–Trinajstić information content (AvgIpc) is 3.38. The van der Waals surface area contributed by atoms with E-state index in [0.717, 1.165) is 49.6 Å². The van der Waals surface area contributed by atoms with Gasteiger partial charge in [-0.1, -0.05) is 12.1 Å². The zero-order valence-electron chi connectivity index (χ0n) is 19.3. The van der Waals surface area contributed by atoms with Gasteiger partial charge in [-0.05, 0) is 49.7 Å². The first-order chi connectivity index (χ1) is 16.9. The molecule has 1 aromatic carbocycles. The molecule has 1 amide bonds. The summed E-state index contributed by atoms with van der Waals surface area (Å²) in [6, 6.07) is 12.2. The third-order valence-electron chi connectivity index (χ3n) is 7.23. The first kappa shape index (κ1) is 21.7. The van der Waals surface area contributed by atoms with E-state index < -0.39 is 5.91 Å². The second kappa shape index (κ2) is 8.14. The van der Waals surface area contributed by atoms with Crippen LogP contribution in [-0.4, -0.2) is 45.4 Å². The molecule has 0 atom stereocenters. The van der Waals surface area contributed by atoms with E-state index >= 15 is 0 Å². The van der Waals surface area contributed by atoms with Gasteiger partial charge in [-0.25, -0.2) is 14.4 Å². The number of carbonyl (C=O) groups excluding carboxylic acids is 1. The molecule has 9 heteroatoms. The Kier molecular flexibility index (Phi) is 5.05. The van der Waals surface area contributed by atoms with E-state index in [1.165, 1.54) is 17.7 Å². The highest BCUT2D eigenvalue weighted by atomic mass is 19.1. The Morgan fingerprint density at radius 3 is 2.80 bits per heavy atom. The molecular formula is C26H25FN6O2. The molecule has 8 nitrogen and oxygen atoms in total. The zero-order chi connectivity index (χ0) is 24.2. The highest BCUT2D eigenvalue weighted by Gasteiger charge is 2.44. The van der Waals surface area contributed by atoms with Crippen LogP contribution in [0.5, 0.6) is 0 Å². The lowest BCUT2D eigenvalue weighted by Crippen LogP contribution is -2.43. The Morgan fingerprint density at radius 1 is 1.17 bits per heavy atom. The van der Waals surface area contributed by atoms with Crippen molar-refractivity contribution in [1.82, 2.24) is 19.3 Å². The van der Waals surface area contributed by atoms with Crippen LogP contribution in [0, 0.1) is 5.82 Å². The van der Waals surface area contributed by atoms with Crippen LogP contribution >= 0.6 is 0 Å². The summed E-state index contributed by atoms with van der Waals surface area (Å²) in [4.78, 5) is 23.8. The van der Waals surface area contributed by atoms with Gasteiger partial charge in [-0.2, -0.15) is 0 Å². The van der Waals surface area contributed by atoms with Crippen LogP contribution in [0.4, 0.5) is 15.9 Å². The number of hydrogen-bond acceptors (Lipinski definition) is 6. The fraction of sp³-hybridized carbons (Fsp3) is 0.269. The number of fused-ring (bicyclic) bond motifs is 3. The number of hydrogen-bond donors (Lipinski definition) is 2. The highest BCUT2D eigenvalue weighted by molar-refractivity contribution is 6.00. The van der Waals surface area contributed by atoms with Crippen molar-refractivity contribution in [2.24, 2.45) is 5.73 Å². The average molecular weight is 473 g/mol.